The average molecular weight is 181 g/mol. The Hall–Kier alpha value is -0.530. The molecule has 1 amide bonds. The highest BCUT2D eigenvalue weighted by Gasteiger charge is 2.34. The fourth-order valence-electron chi connectivity index (χ4n) is 2.44. The van der Waals surface area contributed by atoms with Gasteiger partial charge in [-0.05, 0) is 32.1 Å². The Bertz CT molecular complexity index is 198. The lowest BCUT2D eigenvalue weighted by Gasteiger charge is -2.32. The van der Waals surface area contributed by atoms with Gasteiger partial charge < -0.3 is 4.90 Å². The van der Waals surface area contributed by atoms with Gasteiger partial charge >= 0.3 is 0 Å². The van der Waals surface area contributed by atoms with Crippen molar-refractivity contribution in [2.75, 3.05) is 6.54 Å². The van der Waals surface area contributed by atoms with Gasteiger partial charge in [-0.25, -0.2) is 0 Å². The van der Waals surface area contributed by atoms with E-state index in [9.17, 15) is 4.79 Å². The maximum atomic E-state index is 11.9. The van der Waals surface area contributed by atoms with Gasteiger partial charge in [0.15, 0.2) is 0 Å². The van der Waals surface area contributed by atoms with Crippen molar-refractivity contribution < 1.29 is 4.79 Å². The second kappa shape index (κ2) is 3.69. The van der Waals surface area contributed by atoms with E-state index in [-0.39, 0.29) is 0 Å². The van der Waals surface area contributed by atoms with Crippen LogP contribution >= 0.6 is 0 Å². The molecule has 2 nitrogen and oxygen atoms in total. The van der Waals surface area contributed by atoms with E-state index in [1.54, 1.807) is 0 Å². The summed E-state index contributed by atoms with van der Waals surface area (Å²) in [5.41, 5.74) is 0. The summed E-state index contributed by atoms with van der Waals surface area (Å²) in [5.74, 6) is 0.850. The molecule has 74 valence electrons. The van der Waals surface area contributed by atoms with Crippen LogP contribution in [0.15, 0.2) is 0 Å². The summed E-state index contributed by atoms with van der Waals surface area (Å²) in [6.45, 7) is 3.21. The highest BCUT2D eigenvalue weighted by atomic mass is 16.2. The molecule has 0 unspecified atom stereocenters. The molecule has 1 aliphatic carbocycles. The van der Waals surface area contributed by atoms with Crippen molar-refractivity contribution in [1.29, 1.82) is 0 Å². The van der Waals surface area contributed by atoms with Gasteiger partial charge in [-0.3, -0.25) is 4.79 Å². The minimum atomic E-state index is 0.396. The van der Waals surface area contributed by atoms with Gasteiger partial charge in [-0.1, -0.05) is 13.3 Å². The Kier molecular flexibility index (Phi) is 2.56. The number of hydrogen-bond donors (Lipinski definition) is 0. The van der Waals surface area contributed by atoms with Crippen LogP contribution in [0.4, 0.5) is 0 Å². The van der Waals surface area contributed by atoms with Gasteiger partial charge in [-0.2, -0.15) is 0 Å². The third-order valence-electron chi connectivity index (χ3n) is 3.59. The van der Waals surface area contributed by atoms with Crippen LogP contribution in [0.1, 0.15) is 45.4 Å². The van der Waals surface area contributed by atoms with Crippen LogP contribution in [0.3, 0.4) is 0 Å². The molecule has 0 N–H and O–H groups in total. The normalized spacial score (nSPS) is 29.0. The molecule has 1 heterocycles. The number of amides is 1. The molecular formula is C11H19NO. The molecule has 2 fully saturated rings. The molecule has 0 aromatic carbocycles. The van der Waals surface area contributed by atoms with Gasteiger partial charge in [-0.15, -0.1) is 0 Å². The summed E-state index contributed by atoms with van der Waals surface area (Å²) in [7, 11) is 0. The van der Waals surface area contributed by atoms with Crippen LogP contribution in [-0.2, 0) is 4.79 Å². The zero-order chi connectivity index (χ0) is 9.26. The first kappa shape index (κ1) is 9.04. The van der Waals surface area contributed by atoms with E-state index in [4.69, 9.17) is 0 Å². The molecular weight excluding hydrogens is 162 g/mol. The summed E-state index contributed by atoms with van der Waals surface area (Å²) in [5, 5.41) is 0. The Morgan fingerprint density at radius 1 is 1.31 bits per heavy atom. The van der Waals surface area contributed by atoms with E-state index >= 15 is 0 Å². The zero-order valence-corrected chi connectivity index (χ0v) is 8.46. The van der Waals surface area contributed by atoms with Crippen LogP contribution in [0.5, 0.6) is 0 Å². The quantitative estimate of drug-likeness (QED) is 0.639. The van der Waals surface area contributed by atoms with E-state index in [1.165, 1.54) is 19.3 Å². The topological polar surface area (TPSA) is 20.3 Å². The highest BCUT2D eigenvalue weighted by molar-refractivity contribution is 5.80. The fourth-order valence-corrected chi connectivity index (χ4v) is 2.44. The molecule has 0 aromatic rings. The van der Waals surface area contributed by atoms with Gasteiger partial charge in [0.2, 0.25) is 5.91 Å². The minimum Gasteiger partial charge on any atom is -0.339 e. The van der Waals surface area contributed by atoms with Crippen molar-refractivity contribution in [1.82, 2.24) is 4.90 Å². The fraction of sp³-hybridized carbons (Fsp3) is 0.909. The third kappa shape index (κ3) is 1.59. The molecule has 13 heavy (non-hydrogen) atoms. The van der Waals surface area contributed by atoms with E-state index in [2.05, 4.69) is 11.8 Å². The van der Waals surface area contributed by atoms with Gasteiger partial charge in [0.1, 0.15) is 0 Å². The Labute approximate surface area is 80.3 Å². The maximum Gasteiger partial charge on any atom is 0.225 e. The second-order valence-corrected chi connectivity index (χ2v) is 4.36. The first-order valence-electron chi connectivity index (χ1n) is 5.63. The third-order valence-corrected chi connectivity index (χ3v) is 3.59. The molecule has 0 aromatic heterocycles. The van der Waals surface area contributed by atoms with Crippen molar-refractivity contribution in [2.45, 2.75) is 51.5 Å². The molecule has 2 aliphatic rings. The molecule has 1 atom stereocenters. The molecule has 1 saturated carbocycles. The van der Waals surface area contributed by atoms with Crippen molar-refractivity contribution in [3.8, 4) is 0 Å². The molecule has 0 bridgehead atoms. The lowest BCUT2D eigenvalue weighted by molar-refractivity contribution is -0.139. The predicted molar refractivity (Wildman–Crippen MR) is 52.4 cm³/mol. The summed E-state index contributed by atoms with van der Waals surface area (Å²) in [4.78, 5) is 14.1. The Morgan fingerprint density at radius 2 is 2.08 bits per heavy atom. The van der Waals surface area contributed by atoms with Crippen LogP contribution in [-0.4, -0.2) is 23.4 Å². The number of carbonyl (C=O) groups excluding carboxylic acids is 1. The molecule has 1 aliphatic heterocycles. The summed E-state index contributed by atoms with van der Waals surface area (Å²) in [6, 6.07) is 0.563. The van der Waals surface area contributed by atoms with Gasteiger partial charge in [0.05, 0.1) is 0 Å². The minimum absolute atomic E-state index is 0.396. The van der Waals surface area contributed by atoms with Crippen LogP contribution in [0.2, 0.25) is 0 Å². The number of hydrogen-bond acceptors (Lipinski definition) is 1. The van der Waals surface area contributed by atoms with Crippen molar-refractivity contribution in [2.24, 2.45) is 5.92 Å². The van der Waals surface area contributed by atoms with E-state index in [0.717, 1.165) is 25.8 Å². The first-order chi connectivity index (χ1) is 6.33. The SMILES string of the molecule is CC[C@@H]1CCCN1C(=O)C1CCC1. The molecule has 2 rings (SSSR count). The molecule has 2 heteroatoms. The molecule has 0 radical (unpaired) electrons. The van der Waals surface area contributed by atoms with Crippen molar-refractivity contribution in [3.05, 3.63) is 0 Å². The van der Waals surface area contributed by atoms with E-state index in [1.807, 2.05) is 0 Å². The summed E-state index contributed by atoms with van der Waals surface area (Å²) in [6.07, 6.45) is 7.14. The standard InChI is InChI=1S/C11H19NO/c1-2-10-7-4-8-12(10)11(13)9-5-3-6-9/h9-10H,2-8H2,1H3/t10-/m1/s1. The average Bonchev–Trinajstić information content (AvgIpc) is 2.47. The monoisotopic (exact) mass is 181 g/mol. The highest BCUT2D eigenvalue weighted by Crippen LogP contribution is 2.31. The number of nitrogens with zero attached hydrogens (tertiary/aromatic N) is 1. The van der Waals surface area contributed by atoms with Crippen LogP contribution < -0.4 is 0 Å². The Balaban J connectivity index is 1.94. The van der Waals surface area contributed by atoms with Crippen molar-refractivity contribution >= 4 is 5.91 Å². The van der Waals surface area contributed by atoms with E-state index in [0.29, 0.717) is 17.9 Å². The van der Waals surface area contributed by atoms with E-state index < -0.39 is 0 Å². The smallest absolute Gasteiger partial charge is 0.225 e. The Morgan fingerprint density at radius 3 is 2.62 bits per heavy atom. The van der Waals surface area contributed by atoms with Crippen LogP contribution in [0, 0.1) is 5.92 Å². The summed E-state index contributed by atoms with van der Waals surface area (Å²) < 4.78 is 0. The van der Waals surface area contributed by atoms with Crippen LogP contribution in [0.25, 0.3) is 0 Å². The van der Waals surface area contributed by atoms with Gasteiger partial charge in [0, 0.05) is 18.5 Å². The summed E-state index contributed by atoms with van der Waals surface area (Å²) >= 11 is 0. The number of rotatable bonds is 2. The van der Waals surface area contributed by atoms with Crippen molar-refractivity contribution in [3.63, 3.8) is 0 Å². The largest absolute Gasteiger partial charge is 0.339 e. The molecule has 1 saturated heterocycles. The lowest BCUT2D eigenvalue weighted by atomic mass is 9.84. The number of carbonyl (C=O) groups is 1. The predicted octanol–water partition coefficient (Wildman–Crippen LogP) is 2.19. The second-order valence-electron chi connectivity index (χ2n) is 4.36. The molecule has 0 spiro atoms. The lowest BCUT2D eigenvalue weighted by Crippen LogP contribution is -2.41. The van der Waals surface area contributed by atoms with Gasteiger partial charge in [0.25, 0.3) is 0 Å². The zero-order valence-electron chi connectivity index (χ0n) is 8.46. The number of likely N-dealkylation sites (tertiary alicyclic amines) is 1. The first-order valence-corrected chi connectivity index (χ1v) is 5.63. The maximum absolute atomic E-state index is 11.9.